The summed E-state index contributed by atoms with van der Waals surface area (Å²) in [6, 6.07) is 8.06. The molecule has 2 heterocycles. The average molecular weight is 340 g/mol. The molecule has 0 radical (unpaired) electrons. The van der Waals surface area contributed by atoms with Gasteiger partial charge in [-0.05, 0) is 36.8 Å². The van der Waals surface area contributed by atoms with Gasteiger partial charge in [0.15, 0.2) is 0 Å². The number of hydrogen-bond donors (Lipinski definition) is 1. The molecule has 1 N–H and O–H groups in total. The topological polar surface area (TPSA) is 67.3 Å². The molecule has 1 aliphatic heterocycles. The van der Waals surface area contributed by atoms with Crippen LogP contribution in [0.3, 0.4) is 0 Å². The molecule has 25 heavy (non-hydrogen) atoms. The van der Waals surface area contributed by atoms with Crippen molar-refractivity contribution in [1.82, 2.24) is 15.3 Å². The van der Waals surface area contributed by atoms with Crippen LogP contribution in [0.15, 0.2) is 30.5 Å². The van der Waals surface area contributed by atoms with E-state index in [4.69, 9.17) is 9.72 Å². The molecular formula is C19H24N4O2. The molecule has 1 amide bonds. The quantitative estimate of drug-likeness (QED) is 0.926. The van der Waals surface area contributed by atoms with Gasteiger partial charge in [-0.1, -0.05) is 12.1 Å². The lowest BCUT2D eigenvalue weighted by Gasteiger charge is -2.37. The summed E-state index contributed by atoms with van der Waals surface area (Å²) in [4.78, 5) is 23.1. The Morgan fingerprint density at radius 1 is 1.20 bits per heavy atom. The van der Waals surface area contributed by atoms with Gasteiger partial charge in [-0.25, -0.2) is 4.98 Å². The lowest BCUT2D eigenvalue weighted by atomic mass is 9.77. The van der Waals surface area contributed by atoms with E-state index in [1.807, 2.05) is 30.5 Å². The number of amides is 1. The number of rotatable bonds is 3. The highest BCUT2D eigenvalue weighted by Crippen LogP contribution is 2.38. The van der Waals surface area contributed by atoms with E-state index in [-0.39, 0.29) is 18.1 Å². The second-order valence-electron chi connectivity index (χ2n) is 7.19. The Kier molecular flexibility index (Phi) is 4.29. The van der Waals surface area contributed by atoms with E-state index in [1.54, 1.807) is 14.0 Å². The number of aromatic nitrogens is 2. The van der Waals surface area contributed by atoms with Gasteiger partial charge in [0.2, 0.25) is 5.91 Å². The zero-order valence-electron chi connectivity index (χ0n) is 14.7. The van der Waals surface area contributed by atoms with E-state index in [9.17, 15) is 4.79 Å². The number of para-hydroxylation sites is 2. The lowest BCUT2D eigenvalue weighted by molar-refractivity contribution is -0.121. The number of fused-ring (bicyclic) bond motifs is 2. The molecule has 1 aliphatic carbocycles. The molecular weight excluding hydrogens is 316 g/mol. The number of carbonyl (C=O) groups excluding carboxylic acids is 1. The molecule has 132 valence electrons. The summed E-state index contributed by atoms with van der Waals surface area (Å²) >= 11 is 0. The number of ether oxygens (including phenoxy) is 1. The van der Waals surface area contributed by atoms with Crippen LogP contribution in [0.5, 0.6) is 0 Å². The van der Waals surface area contributed by atoms with Crippen LogP contribution in [0.4, 0.5) is 5.82 Å². The zero-order valence-corrected chi connectivity index (χ0v) is 14.7. The Bertz CT molecular complexity index is 781. The second-order valence-corrected chi connectivity index (χ2v) is 7.19. The maximum atomic E-state index is 11.5. The number of nitrogens with zero attached hydrogens (tertiary/aromatic N) is 3. The molecule has 2 aromatic rings. The van der Waals surface area contributed by atoms with Crippen molar-refractivity contribution in [3.8, 4) is 0 Å². The smallest absolute Gasteiger partial charge is 0.217 e. The van der Waals surface area contributed by atoms with Gasteiger partial charge >= 0.3 is 0 Å². The summed E-state index contributed by atoms with van der Waals surface area (Å²) in [7, 11) is 1.74. The van der Waals surface area contributed by atoms with Crippen LogP contribution < -0.4 is 10.2 Å². The van der Waals surface area contributed by atoms with E-state index in [0.29, 0.717) is 11.8 Å². The third kappa shape index (κ3) is 3.18. The van der Waals surface area contributed by atoms with Crippen molar-refractivity contribution >= 4 is 22.8 Å². The van der Waals surface area contributed by atoms with Crippen LogP contribution >= 0.6 is 0 Å². The van der Waals surface area contributed by atoms with Crippen LogP contribution in [0.25, 0.3) is 11.0 Å². The SMILES string of the molecule is CO[C@@H]1C[C@H]2CN(c3cnc4ccccc4n3)C[C@H]2C[C@H]1NC(C)=O. The van der Waals surface area contributed by atoms with Crippen molar-refractivity contribution < 1.29 is 9.53 Å². The van der Waals surface area contributed by atoms with Crippen LogP contribution in [-0.2, 0) is 9.53 Å². The minimum absolute atomic E-state index is 0.0146. The fraction of sp³-hybridized carbons (Fsp3) is 0.526. The van der Waals surface area contributed by atoms with Crippen molar-refractivity contribution in [1.29, 1.82) is 0 Å². The van der Waals surface area contributed by atoms with Crippen LogP contribution in [0.2, 0.25) is 0 Å². The highest BCUT2D eigenvalue weighted by Gasteiger charge is 2.43. The van der Waals surface area contributed by atoms with E-state index in [1.165, 1.54) is 0 Å². The highest BCUT2D eigenvalue weighted by atomic mass is 16.5. The second kappa shape index (κ2) is 6.59. The van der Waals surface area contributed by atoms with Crippen LogP contribution in [0, 0.1) is 11.8 Å². The number of carbonyl (C=O) groups is 1. The highest BCUT2D eigenvalue weighted by molar-refractivity contribution is 5.75. The van der Waals surface area contributed by atoms with Gasteiger partial charge in [0, 0.05) is 27.1 Å². The van der Waals surface area contributed by atoms with Crippen molar-refractivity contribution in [3.63, 3.8) is 0 Å². The average Bonchev–Trinajstić information content (AvgIpc) is 3.03. The molecule has 2 fully saturated rings. The molecule has 1 aromatic carbocycles. The first kappa shape index (κ1) is 16.3. The van der Waals surface area contributed by atoms with Gasteiger partial charge in [-0.3, -0.25) is 9.78 Å². The fourth-order valence-electron chi connectivity index (χ4n) is 4.37. The minimum Gasteiger partial charge on any atom is -0.379 e. The number of nitrogens with one attached hydrogen (secondary N) is 1. The molecule has 4 atom stereocenters. The molecule has 0 bridgehead atoms. The number of hydrogen-bond acceptors (Lipinski definition) is 5. The monoisotopic (exact) mass is 340 g/mol. The summed E-state index contributed by atoms with van der Waals surface area (Å²) in [6.45, 7) is 3.51. The number of methoxy groups -OCH3 is 1. The third-order valence-electron chi connectivity index (χ3n) is 5.57. The van der Waals surface area contributed by atoms with Crippen molar-refractivity contribution in [2.45, 2.75) is 31.9 Å². The van der Waals surface area contributed by atoms with Gasteiger partial charge in [-0.2, -0.15) is 0 Å². The molecule has 6 heteroatoms. The zero-order chi connectivity index (χ0) is 17.4. The standard InChI is InChI=1S/C19H24N4O2/c1-12(24)21-17-7-13-10-23(11-14(13)8-18(17)25-2)19-9-20-15-5-3-4-6-16(15)22-19/h3-6,9,13-14,17-18H,7-8,10-11H2,1-2H3,(H,21,24)/t13-,14+,17-,18-/m1/s1. The lowest BCUT2D eigenvalue weighted by Crippen LogP contribution is -2.49. The Labute approximate surface area is 147 Å². The molecule has 1 aromatic heterocycles. The molecule has 6 nitrogen and oxygen atoms in total. The molecule has 1 saturated heterocycles. The number of anilines is 1. The summed E-state index contributed by atoms with van der Waals surface area (Å²) in [6.07, 6.45) is 3.90. The molecule has 1 saturated carbocycles. The van der Waals surface area contributed by atoms with Gasteiger partial charge in [0.1, 0.15) is 5.82 Å². The number of benzene rings is 1. The van der Waals surface area contributed by atoms with Crippen LogP contribution in [-0.4, -0.2) is 48.2 Å². The van der Waals surface area contributed by atoms with Gasteiger partial charge in [0.05, 0.1) is 29.4 Å². The summed E-state index contributed by atoms with van der Waals surface area (Å²) in [5.74, 6) is 2.08. The predicted molar refractivity (Wildman–Crippen MR) is 96.4 cm³/mol. The van der Waals surface area contributed by atoms with Crippen LogP contribution in [0.1, 0.15) is 19.8 Å². The first-order valence-corrected chi connectivity index (χ1v) is 8.90. The van der Waals surface area contributed by atoms with Gasteiger partial charge in [0.25, 0.3) is 0 Å². The fourth-order valence-corrected chi connectivity index (χ4v) is 4.37. The first-order valence-electron chi connectivity index (χ1n) is 8.90. The molecule has 0 spiro atoms. The van der Waals surface area contributed by atoms with Gasteiger partial charge in [-0.15, -0.1) is 0 Å². The Morgan fingerprint density at radius 3 is 2.64 bits per heavy atom. The first-order chi connectivity index (χ1) is 12.1. The van der Waals surface area contributed by atoms with E-state index >= 15 is 0 Å². The van der Waals surface area contributed by atoms with E-state index in [0.717, 1.165) is 42.8 Å². The summed E-state index contributed by atoms with van der Waals surface area (Å²) in [5.41, 5.74) is 1.86. The summed E-state index contributed by atoms with van der Waals surface area (Å²) < 4.78 is 5.65. The largest absolute Gasteiger partial charge is 0.379 e. The van der Waals surface area contributed by atoms with Crippen molar-refractivity contribution in [2.75, 3.05) is 25.1 Å². The Hall–Kier alpha value is -2.21. The normalized spacial score (nSPS) is 28.8. The van der Waals surface area contributed by atoms with Crippen molar-refractivity contribution in [2.24, 2.45) is 11.8 Å². The maximum absolute atomic E-state index is 11.5. The Balaban J connectivity index is 1.52. The predicted octanol–water partition coefficient (Wildman–Crippen LogP) is 2.00. The van der Waals surface area contributed by atoms with E-state index in [2.05, 4.69) is 15.2 Å². The Morgan fingerprint density at radius 2 is 1.92 bits per heavy atom. The molecule has 2 aliphatic rings. The summed E-state index contributed by atoms with van der Waals surface area (Å²) in [5, 5.41) is 3.06. The van der Waals surface area contributed by atoms with Gasteiger partial charge < -0.3 is 15.0 Å². The maximum Gasteiger partial charge on any atom is 0.217 e. The van der Waals surface area contributed by atoms with Crippen molar-refractivity contribution in [3.05, 3.63) is 30.5 Å². The molecule has 4 rings (SSSR count). The van der Waals surface area contributed by atoms with E-state index < -0.39 is 0 Å². The third-order valence-corrected chi connectivity index (χ3v) is 5.57. The molecule has 0 unspecified atom stereocenters. The minimum atomic E-state index is 0.0146.